The number of nitrogen functional groups attached to an aromatic ring is 1. The van der Waals surface area contributed by atoms with Crippen LogP contribution in [0.5, 0.6) is 0 Å². The molecule has 0 aliphatic carbocycles. The van der Waals surface area contributed by atoms with E-state index in [1.807, 2.05) is 0 Å². The molecule has 5 heteroatoms. The van der Waals surface area contributed by atoms with Gasteiger partial charge in [-0.25, -0.2) is 4.39 Å². The summed E-state index contributed by atoms with van der Waals surface area (Å²) in [7, 11) is 0. The molecule has 2 aliphatic heterocycles. The molecule has 2 fully saturated rings. The first-order valence-corrected chi connectivity index (χ1v) is 7.69. The predicted octanol–water partition coefficient (Wildman–Crippen LogP) is 3.21. The SMILES string of the molecule is Nc1cc(F)c(Br)cc1NC1CCN2CCCCC12. The van der Waals surface area contributed by atoms with Gasteiger partial charge in [0.2, 0.25) is 0 Å². The third-order valence-corrected chi connectivity index (χ3v) is 4.90. The van der Waals surface area contributed by atoms with E-state index in [1.54, 1.807) is 6.07 Å². The fourth-order valence-corrected chi connectivity index (χ4v) is 3.65. The average molecular weight is 328 g/mol. The molecule has 3 N–H and O–H groups in total. The van der Waals surface area contributed by atoms with Crippen molar-refractivity contribution in [3.8, 4) is 0 Å². The Labute approximate surface area is 121 Å². The highest BCUT2D eigenvalue weighted by atomic mass is 79.9. The maximum absolute atomic E-state index is 13.4. The lowest BCUT2D eigenvalue weighted by atomic mass is 9.99. The monoisotopic (exact) mass is 327 g/mol. The van der Waals surface area contributed by atoms with Gasteiger partial charge in [0.1, 0.15) is 5.82 Å². The summed E-state index contributed by atoms with van der Waals surface area (Å²) in [6.45, 7) is 2.37. The Kier molecular flexibility index (Phi) is 3.67. The van der Waals surface area contributed by atoms with Crippen LogP contribution in [0.15, 0.2) is 16.6 Å². The fourth-order valence-electron chi connectivity index (χ4n) is 3.30. The third-order valence-electron chi connectivity index (χ3n) is 4.29. The molecular weight excluding hydrogens is 309 g/mol. The van der Waals surface area contributed by atoms with Gasteiger partial charge in [0.05, 0.1) is 15.8 Å². The van der Waals surface area contributed by atoms with Crippen molar-refractivity contribution in [1.82, 2.24) is 4.90 Å². The predicted molar refractivity (Wildman–Crippen MR) is 79.8 cm³/mol. The van der Waals surface area contributed by atoms with E-state index in [4.69, 9.17) is 5.73 Å². The van der Waals surface area contributed by atoms with Crippen molar-refractivity contribution in [3.05, 3.63) is 22.4 Å². The van der Waals surface area contributed by atoms with E-state index in [0.29, 0.717) is 22.2 Å². The zero-order valence-corrected chi connectivity index (χ0v) is 12.4. The molecule has 2 unspecified atom stereocenters. The number of nitrogens with two attached hydrogens (primary N) is 1. The first kappa shape index (κ1) is 13.2. The van der Waals surface area contributed by atoms with Gasteiger partial charge in [0.15, 0.2) is 0 Å². The van der Waals surface area contributed by atoms with Crippen molar-refractivity contribution in [3.63, 3.8) is 0 Å². The number of piperidine rings is 1. The molecule has 2 atom stereocenters. The topological polar surface area (TPSA) is 41.3 Å². The van der Waals surface area contributed by atoms with E-state index in [9.17, 15) is 4.39 Å². The number of hydrogen-bond acceptors (Lipinski definition) is 3. The summed E-state index contributed by atoms with van der Waals surface area (Å²) < 4.78 is 13.8. The van der Waals surface area contributed by atoms with E-state index >= 15 is 0 Å². The van der Waals surface area contributed by atoms with E-state index < -0.39 is 0 Å². The molecule has 0 radical (unpaired) electrons. The van der Waals surface area contributed by atoms with E-state index in [1.165, 1.54) is 31.9 Å². The van der Waals surface area contributed by atoms with Gasteiger partial charge >= 0.3 is 0 Å². The second-order valence-corrected chi connectivity index (χ2v) is 6.35. The zero-order chi connectivity index (χ0) is 13.4. The van der Waals surface area contributed by atoms with Crippen molar-refractivity contribution in [2.75, 3.05) is 24.1 Å². The molecule has 0 amide bonds. The first-order valence-electron chi connectivity index (χ1n) is 6.90. The van der Waals surface area contributed by atoms with Crippen LogP contribution in [-0.2, 0) is 0 Å². The molecule has 0 saturated carbocycles. The van der Waals surface area contributed by atoms with Crippen LogP contribution >= 0.6 is 15.9 Å². The molecule has 3 rings (SSSR count). The molecule has 1 aromatic carbocycles. The summed E-state index contributed by atoms with van der Waals surface area (Å²) in [5, 5.41) is 3.51. The van der Waals surface area contributed by atoms with Crippen LogP contribution in [0.25, 0.3) is 0 Å². The van der Waals surface area contributed by atoms with Crippen molar-refractivity contribution < 1.29 is 4.39 Å². The highest BCUT2D eigenvalue weighted by molar-refractivity contribution is 9.10. The summed E-state index contributed by atoms with van der Waals surface area (Å²) in [6.07, 6.45) is 5.01. The number of hydrogen-bond donors (Lipinski definition) is 2. The maximum atomic E-state index is 13.4. The summed E-state index contributed by atoms with van der Waals surface area (Å²) in [6, 6.07) is 4.16. The molecule has 0 spiro atoms. The second-order valence-electron chi connectivity index (χ2n) is 5.49. The number of halogens is 2. The van der Waals surface area contributed by atoms with Gasteiger partial charge in [-0.2, -0.15) is 0 Å². The number of nitrogens with one attached hydrogen (secondary N) is 1. The lowest BCUT2D eigenvalue weighted by molar-refractivity contribution is 0.193. The van der Waals surface area contributed by atoms with E-state index in [2.05, 4.69) is 26.1 Å². The van der Waals surface area contributed by atoms with Crippen molar-refractivity contribution in [2.45, 2.75) is 37.8 Å². The van der Waals surface area contributed by atoms with Gasteiger partial charge in [0.25, 0.3) is 0 Å². The number of fused-ring (bicyclic) bond motifs is 1. The molecule has 2 aliphatic rings. The largest absolute Gasteiger partial charge is 0.397 e. The molecule has 19 heavy (non-hydrogen) atoms. The molecule has 3 nitrogen and oxygen atoms in total. The van der Waals surface area contributed by atoms with Crippen LogP contribution in [0.1, 0.15) is 25.7 Å². The van der Waals surface area contributed by atoms with Crippen molar-refractivity contribution in [1.29, 1.82) is 0 Å². The average Bonchev–Trinajstić information content (AvgIpc) is 2.80. The minimum atomic E-state index is -0.311. The van der Waals surface area contributed by atoms with Gasteiger partial charge in [-0.1, -0.05) is 6.42 Å². The number of anilines is 2. The standard InChI is InChI=1S/C14H19BrFN3/c15-9-7-13(11(17)8-10(9)16)18-12-4-6-19-5-2-1-3-14(12)19/h7-8,12,14,18H,1-6,17H2. The number of nitrogens with zero attached hydrogens (tertiary/aromatic N) is 1. The Bertz CT molecular complexity index is 480. The molecule has 104 valence electrons. The lowest BCUT2D eigenvalue weighted by Gasteiger charge is -2.33. The van der Waals surface area contributed by atoms with Crippen molar-refractivity contribution in [2.24, 2.45) is 0 Å². The Morgan fingerprint density at radius 1 is 1.26 bits per heavy atom. The van der Waals surface area contributed by atoms with E-state index in [-0.39, 0.29) is 5.82 Å². The molecule has 1 aromatic rings. The molecule has 2 saturated heterocycles. The van der Waals surface area contributed by atoms with Gasteiger partial charge in [0, 0.05) is 24.7 Å². The molecule has 0 bridgehead atoms. The number of rotatable bonds is 2. The Hall–Kier alpha value is -0.810. The van der Waals surface area contributed by atoms with Gasteiger partial charge < -0.3 is 11.1 Å². The highest BCUT2D eigenvalue weighted by Crippen LogP contribution is 2.32. The van der Waals surface area contributed by atoms with Gasteiger partial charge in [-0.15, -0.1) is 0 Å². The van der Waals surface area contributed by atoms with Crippen LogP contribution < -0.4 is 11.1 Å². The highest BCUT2D eigenvalue weighted by Gasteiger charge is 2.35. The Morgan fingerprint density at radius 2 is 2.11 bits per heavy atom. The second kappa shape index (κ2) is 5.29. The fraction of sp³-hybridized carbons (Fsp3) is 0.571. The molecule has 0 aromatic heterocycles. The third kappa shape index (κ3) is 2.58. The summed E-state index contributed by atoms with van der Waals surface area (Å²) >= 11 is 3.22. The summed E-state index contributed by atoms with van der Waals surface area (Å²) in [5.74, 6) is -0.311. The first-order chi connectivity index (χ1) is 9.15. The number of benzene rings is 1. The summed E-state index contributed by atoms with van der Waals surface area (Å²) in [4.78, 5) is 2.57. The maximum Gasteiger partial charge on any atom is 0.139 e. The molecular formula is C14H19BrFN3. The minimum Gasteiger partial charge on any atom is -0.397 e. The van der Waals surface area contributed by atoms with Gasteiger partial charge in [-0.3, -0.25) is 4.90 Å². The van der Waals surface area contributed by atoms with Crippen LogP contribution in [-0.4, -0.2) is 30.1 Å². The minimum absolute atomic E-state index is 0.311. The lowest BCUT2D eigenvalue weighted by Crippen LogP contribution is -2.41. The van der Waals surface area contributed by atoms with Crippen LogP contribution in [0, 0.1) is 5.82 Å². The molecule has 2 heterocycles. The Morgan fingerprint density at radius 3 is 2.95 bits per heavy atom. The quantitative estimate of drug-likeness (QED) is 0.819. The zero-order valence-electron chi connectivity index (χ0n) is 10.8. The smallest absolute Gasteiger partial charge is 0.139 e. The van der Waals surface area contributed by atoms with Crippen LogP contribution in [0.3, 0.4) is 0 Å². The van der Waals surface area contributed by atoms with Crippen LogP contribution in [0.2, 0.25) is 0 Å². The van der Waals surface area contributed by atoms with E-state index in [0.717, 1.165) is 18.7 Å². The Balaban J connectivity index is 1.76. The van der Waals surface area contributed by atoms with Gasteiger partial charge in [-0.05, 0) is 47.8 Å². The van der Waals surface area contributed by atoms with Crippen LogP contribution in [0.4, 0.5) is 15.8 Å². The normalized spacial score (nSPS) is 27.3. The summed E-state index contributed by atoms with van der Waals surface area (Å²) in [5.41, 5.74) is 7.22. The van der Waals surface area contributed by atoms with Crippen molar-refractivity contribution >= 4 is 27.3 Å².